The molecule has 0 fully saturated rings. The van der Waals surface area contributed by atoms with E-state index >= 15 is 0 Å². The van der Waals surface area contributed by atoms with Gasteiger partial charge in [-0.3, -0.25) is 4.79 Å². The third kappa shape index (κ3) is 4.23. The zero-order valence-corrected chi connectivity index (χ0v) is 9.77. The third-order valence-electron chi connectivity index (χ3n) is 2.10. The lowest BCUT2D eigenvalue weighted by atomic mass is 10.1. The average molecular weight is 248 g/mol. The summed E-state index contributed by atoms with van der Waals surface area (Å²) in [6.45, 7) is 0.919. The fourth-order valence-electron chi connectivity index (χ4n) is 1.24. The van der Waals surface area contributed by atoms with Gasteiger partial charge in [0.1, 0.15) is 13.2 Å². The molecule has 0 saturated carbocycles. The zero-order valence-electron chi connectivity index (χ0n) is 9.77. The molecule has 18 heavy (non-hydrogen) atoms. The van der Waals surface area contributed by atoms with Crippen LogP contribution >= 0.6 is 0 Å². The SMILES string of the molecule is Cc1ccc(C#N)cc1NC(=O)COCC(=O)O. The summed E-state index contributed by atoms with van der Waals surface area (Å²) in [5, 5.41) is 19.6. The van der Waals surface area contributed by atoms with Gasteiger partial charge >= 0.3 is 5.97 Å². The molecule has 6 heteroatoms. The van der Waals surface area contributed by atoms with Crippen LogP contribution in [0.1, 0.15) is 11.1 Å². The van der Waals surface area contributed by atoms with Crippen LogP contribution in [0.25, 0.3) is 0 Å². The van der Waals surface area contributed by atoms with Crippen molar-refractivity contribution in [3.8, 4) is 6.07 Å². The molecular weight excluding hydrogens is 236 g/mol. The van der Waals surface area contributed by atoms with Gasteiger partial charge in [-0.15, -0.1) is 0 Å². The normalized spacial score (nSPS) is 9.56. The quantitative estimate of drug-likeness (QED) is 0.806. The van der Waals surface area contributed by atoms with Gasteiger partial charge in [-0.2, -0.15) is 5.26 Å². The minimum atomic E-state index is -1.13. The molecule has 0 aromatic heterocycles. The highest BCUT2D eigenvalue weighted by atomic mass is 16.5. The van der Waals surface area contributed by atoms with E-state index in [4.69, 9.17) is 10.4 Å². The highest BCUT2D eigenvalue weighted by Gasteiger charge is 2.07. The molecule has 0 bridgehead atoms. The van der Waals surface area contributed by atoms with Crippen LogP contribution in [0.5, 0.6) is 0 Å². The Labute approximate surface area is 104 Å². The monoisotopic (exact) mass is 248 g/mol. The van der Waals surface area contributed by atoms with Crippen LogP contribution in [0.15, 0.2) is 18.2 Å². The standard InChI is InChI=1S/C12H12N2O4/c1-8-2-3-9(5-13)4-10(8)14-11(15)6-18-7-12(16)17/h2-4H,6-7H2,1H3,(H,14,15)(H,16,17). The Hall–Kier alpha value is -2.39. The van der Waals surface area contributed by atoms with Crippen LogP contribution in [0.3, 0.4) is 0 Å². The number of carboxylic acid groups (broad SMARTS) is 1. The van der Waals surface area contributed by atoms with Crippen molar-refractivity contribution in [3.63, 3.8) is 0 Å². The Morgan fingerprint density at radius 1 is 1.44 bits per heavy atom. The van der Waals surface area contributed by atoms with Gasteiger partial charge in [-0.1, -0.05) is 6.07 Å². The van der Waals surface area contributed by atoms with Crippen molar-refractivity contribution in [2.45, 2.75) is 6.92 Å². The second kappa shape index (κ2) is 6.37. The number of nitriles is 1. The fraction of sp³-hybridized carbons (Fsp3) is 0.250. The highest BCUT2D eigenvalue weighted by Crippen LogP contribution is 2.16. The summed E-state index contributed by atoms with van der Waals surface area (Å²) >= 11 is 0. The number of benzene rings is 1. The van der Waals surface area contributed by atoms with Crippen molar-refractivity contribution < 1.29 is 19.4 Å². The molecule has 0 spiro atoms. The lowest BCUT2D eigenvalue weighted by Gasteiger charge is -2.08. The summed E-state index contributed by atoms with van der Waals surface area (Å²) in [5.74, 6) is -1.60. The Morgan fingerprint density at radius 2 is 2.17 bits per heavy atom. The molecule has 0 aliphatic heterocycles. The van der Waals surface area contributed by atoms with E-state index in [9.17, 15) is 9.59 Å². The lowest BCUT2D eigenvalue weighted by molar-refractivity contribution is -0.143. The maximum atomic E-state index is 11.4. The van der Waals surface area contributed by atoms with Crippen LogP contribution in [0, 0.1) is 18.3 Å². The molecule has 1 aromatic carbocycles. The fourth-order valence-corrected chi connectivity index (χ4v) is 1.24. The number of nitrogens with zero attached hydrogens (tertiary/aromatic N) is 1. The van der Waals surface area contributed by atoms with E-state index in [0.29, 0.717) is 11.3 Å². The number of nitrogens with one attached hydrogen (secondary N) is 1. The van der Waals surface area contributed by atoms with Crippen molar-refractivity contribution in [2.75, 3.05) is 18.5 Å². The van der Waals surface area contributed by atoms with Crippen LogP contribution in [-0.4, -0.2) is 30.2 Å². The van der Waals surface area contributed by atoms with Crippen molar-refractivity contribution in [1.82, 2.24) is 0 Å². The van der Waals surface area contributed by atoms with E-state index < -0.39 is 18.5 Å². The van der Waals surface area contributed by atoms with Crippen molar-refractivity contribution in [2.24, 2.45) is 0 Å². The number of carboxylic acids is 1. The maximum Gasteiger partial charge on any atom is 0.329 e. The second-order valence-electron chi connectivity index (χ2n) is 3.58. The Bertz CT molecular complexity index is 505. The van der Waals surface area contributed by atoms with Gasteiger partial charge in [-0.05, 0) is 24.6 Å². The van der Waals surface area contributed by atoms with Crippen molar-refractivity contribution in [1.29, 1.82) is 5.26 Å². The van der Waals surface area contributed by atoms with Gasteiger partial charge in [0.2, 0.25) is 5.91 Å². The first-order chi connectivity index (χ1) is 8.52. The predicted molar refractivity (Wildman–Crippen MR) is 63.0 cm³/mol. The van der Waals surface area contributed by atoms with Crippen LogP contribution in [-0.2, 0) is 14.3 Å². The highest BCUT2D eigenvalue weighted by molar-refractivity contribution is 5.92. The molecular formula is C12H12N2O4. The lowest BCUT2D eigenvalue weighted by Crippen LogP contribution is -2.21. The van der Waals surface area contributed by atoms with Gasteiger partial charge in [-0.25, -0.2) is 4.79 Å². The molecule has 1 rings (SSSR count). The zero-order chi connectivity index (χ0) is 13.5. The molecule has 0 saturated heterocycles. The number of aryl methyl sites for hydroxylation is 1. The molecule has 0 unspecified atom stereocenters. The number of carbonyl (C=O) groups excluding carboxylic acids is 1. The minimum Gasteiger partial charge on any atom is -0.480 e. The van der Waals surface area contributed by atoms with E-state index in [1.165, 1.54) is 0 Å². The number of carbonyl (C=O) groups is 2. The van der Waals surface area contributed by atoms with Crippen molar-refractivity contribution in [3.05, 3.63) is 29.3 Å². The molecule has 0 atom stereocenters. The number of hydrogen-bond donors (Lipinski definition) is 2. The summed E-state index contributed by atoms with van der Waals surface area (Å²) in [4.78, 5) is 21.6. The molecule has 6 nitrogen and oxygen atoms in total. The van der Waals surface area contributed by atoms with E-state index in [0.717, 1.165) is 5.56 Å². The minimum absolute atomic E-state index is 0.345. The largest absolute Gasteiger partial charge is 0.480 e. The number of ether oxygens (including phenoxy) is 1. The van der Waals surface area contributed by atoms with Gasteiger partial charge < -0.3 is 15.2 Å². The number of rotatable bonds is 5. The predicted octanol–water partition coefficient (Wildman–Crippen LogP) is 0.906. The topological polar surface area (TPSA) is 99.4 Å². The van der Waals surface area contributed by atoms with Crippen LogP contribution in [0.2, 0.25) is 0 Å². The van der Waals surface area contributed by atoms with Gasteiger partial charge in [0, 0.05) is 5.69 Å². The van der Waals surface area contributed by atoms with E-state index in [-0.39, 0.29) is 6.61 Å². The maximum absolute atomic E-state index is 11.4. The molecule has 0 aliphatic carbocycles. The van der Waals surface area contributed by atoms with Gasteiger partial charge in [0.05, 0.1) is 11.6 Å². The first kappa shape index (κ1) is 13.7. The third-order valence-corrected chi connectivity index (χ3v) is 2.10. The Kier molecular flexibility index (Phi) is 4.84. The van der Waals surface area contributed by atoms with Crippen molar-refractivity contribution >= 4 is 17.6 Å². The first-order valence-corrected chi connectivity index (χ1v) is 5.13. The van der Waals surface area contributed by atoms with Crippen LogP contribution < -0.4 is 5.32 Å². The summed E-state index contributed by atoms with van der Waals surface area (Å²) in [7, 11) is 0. The number of anilines is 1. The number of amides is 1. The second-order valence-corrected chi connectivity index (χ2v) is 3.58. The molecule has 1 amide bonds. The Morgan fingerprint density at radius 3 is 2.78 bits per heavy atom. The molecule has 0 heterocycles. The first-order valence-electron chi connectivity index (χ1n) is 5.13. The summed E-state index contributed by atoms with van der Waals surface area (Å²) < 4.78 is 4.65. The summed E-state index contributed by atoms with van der Waals surface area (Å²) in [6.07, 6.45) is 0. The molecule has 94 valence electrons. The molecule has 1 aromatic rings. The van der Waals surface area contributed by atoms with E-state index in [2.05, 4.69) is 10.1 Å². The van der Waals surface area contributed by atoms with Gasteiger partial charge in [0.15, 0.2) is 0 Å². The summed E-state index contributed by atoms with van der Waals surface area (Å²) in [6, 6.07) is 6.87. The summed E-state index contributed by atoms with van der Waals surface area (Å²) in [5.41, 5.74) is 1.75. The smallest absolute Gasteiger partial charge is 0.329 e. The average Bonchev–Trinajstić information content (AvgIpc) is 2.31. The van der Waals surface area contributed by atoms with Crippen LogP contribution in [0.4, 0.5) is 5.69 Å². The molecule has 0 aliphatic rings. The molecule has 2 N–H and O–H groups in total. The van der Waals surface area contributed by atoms with E-state index in [1.807, 2.05) is 6.07 Å². The number of hydrogen-bond acceptors (Lipinski definition) is 4. The van der Waals surface area contributed by atoms with E-state index in [1.54, 1.807) is 25.1 Å². The number of aliphatic carboxylic acids is 1. The van der Waals surface area contributed by atoms with Gasteiger partial charge in [0.25, 0.3) is 0 Å². The Balaban J connectivity index is 2.59. The molecule has 0 radical (unpaired) electrons.